The Morgan fingerprint density at radius 3 is 2.45 bits per heavy atom. The molecule has 1 heterocycles. The van der Waals surface area contributed by atoms with Crippen molar-refractivity contribution in [1.29, 1.82) is 0 Å². The van der Waals surface area contributed by atoms with Gasteiger partial charge in [-0.15, -0.1) is 0 Å². The summed E-state index contributed by atoms with van der Waals surface area (Å²) in [7, 11) is 0. The summed E-state index contributed by atoms with van der Waals surface area (Å²) >= 11 is 0. The second-order valence-electron chi connectivity index (χ2n) is 5.03. The minimum Gasteiger partial charge on any atom is -0.340 e. The van der Waals surface area contributed by atoms with Crippen LogP contribution in [0.2, 0.25) is 0 Å². The van der Waals surface area contributed by atoms with Crippen LogP contribution in [0.3, 0.4) is 0 Å². The number of nitrogens with zero attached hydrogens (tertiary/aromatic N) is 2. The second kappa shape index (κ2) is 6.79. The molecule has 0 aliphatic heterocycles. The molecular formula is C14H16FN5O2. The molecule has 0 spiro atoms. The summed E-state index contributed by atoms with van der Waals surface area (Å²) in [5.74, 6) is -1.24. The molecule has 0 radical (unpaired) electrons. The fraction of sp³-hybridized carbons (Fsp3) is 0.286. The predicted octanol–water partition coefficient (Wildman–Crippen LogP) is 1.34. The number of benzene rings is 1. The molecule has 0 fully saturated rings. The van der Waals surface area contributed by atoms with E-state index in [0.29, 0.717) is 0 Å². The standard InChI is InChI=1S/C14H16FN5O2/c1-8(2)11(13(22)19-14-16-7-17-20-14)18-12(21)9-3-5-10(15)6-4-9/h3-8,11H,1-2H3,(H,18,21)(H2,16,17,19,20,22)/t11-/m1/s1. The Kier molecular flexibility index (Phi) is 4.82. The maximum absolute atomic E-state index is 12.9. The third-order valence-corrected chi connectivity index (χ3v) is 3.00. The van der Waals surface area contributed by atoms with E-state index < -0.39 is 23.7 Å². The van der Waals surface area contributed by atoms with Crippen molar-refractivity contribution in [3.63, 3.8) is 0 Å². The lowest BCUT2D eigenvalue weighted by Gasteiger charge is -2.21. The Bertz CT molecular complexity index is 640. The number of H-pyrrole nitrogens is 1. The van der Waals surface area contributed by atoms with Gasteiger partial charge in [-0.25, -0.2) is 9.49 Å². The number of aromatic amines is 1. The maximum atomic E-state index is 12.9. The van der Waals surface area contributed by atoms with Crippen LogP contribution in [0.4, 0.5) is 10.3 Å². The fourth-order valence-corrected chi connectivity index (χ4v) is 1.82. The van der Waals surface area contributed by atoms with E-state index in [4.69, 9.17) is 0 Å². The number of nitrogens with one attached hydrogen (secondary N) is 3. The number of halogens is 1. The highest BCUT2D eigenvalue weighted by Crippen LogP contribution is 2.08. The first-order valence-corrected chi connectivity index (χ1v) is 6.70. The summed E-state index contributed by atoms with van der Waals surface area (Å²) in [6, 6.07) is 4.33. The predicted molar refractivity (Wildman–Crippen MR) is 77.5 cm³/mol. The van der Waals surface area contributed by atoms with Crippen molar-refractivity contribution in [3.05, 3.63) is 42.0 Å². The molecule has 22 heavy (non-hydrogen) atoms. The van der Waals surface area contributed by atoms with Crippen LogP contribution in [-0.4, -0.2) is 33.0 Å². The van der Waals surface area contributed by atoms with Crippen molar-refractivity contribution < 1.29 is 14.0 Å². The normalized spacial score (nSPS) is 12.0. The number of carbonyl (C=O) groups excluding carboxylic acids is 2. The molecule has 8 heteroatoms. The van der Waals surface area contributed by atoms with Crippen LogP contribution in [-0.2, 0) is 4.79 Å². The summed E-state index contributed by atoms with van der Waals surface area (Å²) < 4.78 is 12.9. The number of carbonyl (C=O) groups is 2. The molecule has 0 aliphatic carbocycles. The molecule has 0 unspecified atom stereocenters. The van der Waals surface area contributed by atoms with Gasteiger partial charge in [-0.3, -0.25) is 14.9 Å². The average Bonchev–Trinajstić information content (AvgIpc) is 2.97. The Hall–Kier alpha value is -2.77. The summed E-state index contributed by atoms with van der Waals surface area (Å²) in [5, 5.41) is 11.3. The van der Waals surface area contributed by atoms with Crippen molar-refractivity contribution in [2.75, 3.05) is 5.32 Å². The molecule has 1 aromatic carbocycles. The molecule has 116 valence electrons. The molecule has 0 saturated heterocycles. The fourth-order valence-electron chi connectivity index (χ4n) is 1.82. The van der Waals surface area contributed by atoms with E-state index in [1.54, 1.807) is 13.8 Å². The third-order valence-electron chi connectivity index (χ3n) is 3.00. The molecule has 0 aliphatic rings. The topological polar surface area (TPSA) is 99.8 Å². The maximum Gasteiger partial charge on any atom is 0.251 e. The van der Waals surface area contributed by atoms with E-state index in [-0.39, 0.29) is 17.4 Å². The van der Waals surface area contributed by atoms with Crippen molar-refractivity contribution >= 4 is 17.8 Å². The van der Waals surface area contributed by atoms with Gasteiger partial charge >= 0.3 is 0 Å². The van der Waals surface area contributed by atoms with Crippen LogP contribution in [0.25, 0.3) is 0 Å². The third kappa shape index (κ3) is 3.87. The lowest BCUT2D eigenvalue weighted by atomic mass is 10.0. The number of hydrogen-bond acceptors (Lipinski definition) is 4. The first-order valence-electron chi connectivity index (χ1n) is 6.70. The van der Waals surface area contributed by atoms with Crippen LogP contribution >= 0.6 is 0 Å². The van der Waals surface area contributed by atoms with Gasteiger partial charge < -0.3 is 5.32 Å². The Labute approximate surface area is 126 Å². The molecular weight excluding hydrogens is 289 g/mol. The quantitative estimate of drug-likeness (QED) is 0.776. The van der Waals surface area contributed by atoms with Crippen LogP contribution in [0.1, 0.15) is 24.2 Å². The Balaban J connectivity index is 2.06. The lowest BCUT2D eigenvalue weighted by molar-refractivity contribution is -0.118. The summed E-state index contributed by atoms with van der Waals surface area (Å²) in [4.78, 5) is 28.1. The van der Waals surface area contributed by atoms with Gasteiger partial charge in [0.1, 0.15) is 18.2 Å². The summed E-state index contributed by atoms with van der Waals surface area (Å²) in [6.07, 6.45) is 1.26. The molecule has 7 nitrogen and oxygen atoms in total. The monoisotopic (exact) mass is 305 g/mol. The van der Waals surface area contributed by atoms with Gasteiger partial charge in [-0.05, 0) is 30.2 Å². The molecule has 1 atom stereocenters. The van der Waals surface area contributed by atoms with E-state index in [1.807, 2.05) is 0 Å². The van der Waals surface area contributed by atoms with Gasteiger partial charge in [0.15, 0.2) is 0 Å². The first-order chi connectivity index (χ1) is 10.5. The number of anilines is 1. The number of aromatic nitrogens is 3. The number of amides is 2. The van der Waals surface area contributed by atoms with Crippen LogP contribution in [0.5, 0.6) is 0 Å². The van der Waals surface area contributed by atoms with Crippen molar-refractivity contribution in [3.8, 4) is 0 Å². The van der Waals surface area contributed by atoms with E-state index in [2.05, 4.69) is 25.8 Å². The van der Waals surface area contributed by atoms with E-state index in [1.165, 1.54) is 30.6 Å². The second-order valence-corrected chi connectivity index (χ2v) is 5.03. The SMILES string of the molecule is CC(C)[C@@H](NC(=O)c1ccc(F)cc1)C(=O)Nc1ncn[nH]1. The van der Waals surface area contributed by atoms with Gasteiger partial charge in [0.2, 0.25) is 11.9 Å². The van der Waals surface area contributed by atoms with Gasteiger partial charge in [0, 0.05) is 5.56 Å². The highest BCUT2D eigenvalue weighted by atomic mass is 19.1. The molecule has 0 bridgehead atoms. The molecule has 3 N–H and O–H groups in total. The van der Waals surface area contributed by atoms with E-state index in [9.17, 15) is 14.0 Å². The summed E-state index contributed by atoms with van der Waals surface area (Å²) in [5.41, 5.74) is 0.277. The zero-order chi connectivity index (χ0) is 16.1. The van der Waals surface area contributed by atoms with Gasteiger partial charge in [-0.2, -0.15) is 10.1 Å². The zero-order valence-electron chi connectivity index (χ0n) is 12.1. The summed E-state index contributed by atoms with van der Waals surface area (Å²) in [6.45, 7) is 3.60. The largest absolute Gasteiger partial charge is 0.340 e. The molecule has 0 saturated carbocycles. The van der Waals surface area contributed by atoms with Gasteiger partial charge in [0.25, 0.3) is 5.91 Å². The lowest BCUT2D eigenvalue weighted by Crippen LogP contribution is -2.47. The minimum atomic E-state index is -0.761. The van der Waals surface area contributed by atoms with E-state index >= 15 is 0 Å². The Morgan fingerprint density at radius 2 is 1.91 bits per heavy atom. The molecule has 2 rings (SSSR count). The van der Waals surface area contributed by atoms with Crippen LogP contribution in [0.15, 0.2) is 30.6 Å². The Morgan fingerprint density at radius 1 is 1.23 bits per heavy atom. The van der Waals surface area contributed by atoms with Crippen molar-refractivity contribution in [2.45, 2.75) is 19.9 Å². The van der Waals surface area contributed by atoms with Crippen LogP contribution in [0, 0.1) is 11.7 Å². The number of hydrogen-bond donors (Lipinski definition) is 3. The highest BCUT2D eigenvalue weighted by Gasteiger charge is 2.25. The van der Waals surface area contributed by atoms with Gasteiger partial charge in [-0.1, -0.05) is 13.8 Å². The average molecular weight is 305 g/mol. The first kappa shape index (κ1) is 15.6. The van der Waals surface area contributed by atoms with Crippen molar-refractivity contribution in [2.24, 2.45) is 5.92 Å². The molecule has 2 aromatic rings. The van der Waals surface area contributed by atoms with Gasteiger partial charge in [0.05, 0.1) is 0 Å². The van der Waals surface area contributed by atoms with Crippen molar-refractivity contribution in [1.82, 2.24) is 20.5 Å². The molecule has 1 aromatic heterocycles. The van der Waals surface area contributed by atoms with E-state index in [0.717, 1.165) is 0 Å². The zero-order valence-corrected chi connectivity index (χ0v) is 12.1. The molecule has 2 amide bonds. The number of rotatable bonds is 5. The smallest absolute Gasteiger partial charge is 0.251 e. The minimum absolute atomic E-state index is 0.146. The highest BCUT2D eigenvalue weighted by molar-refractivity contribution is 6.00. The van der Waals surface area contributed by atoms with Crippen LogP contribution < -0.4 is 10.6 Å².